The van der Waals surface area contributed by atoms with E-state index in [4.69, 9.17) is 0 Å². The number of nitrogens with zero attached hydrogens (tertiary/aromatic N) is 1. The van der Waals surface area contributed by atoms with Crippen molar-refractivity contribution in [2.45, 2.75) is 49.4 Å². The van der Waals surface area contributed by atoms with Crippen molar-refractivity contribution in [1.82, 2.24) is 10.2 Å². The molecule has 110 valence electrons. The summed E-state index contributed by atoms with van der Waals surface area (Å²) >= 11 is 1.35. The summed E-state index contributed by atoms with van der Waals surface area (Å²) in [5.41, 5.74) is 0. The van der Waals surface area contributed by atoms with Gasteiger partial charge in [-0.3, -0.25) is 14.4 Å². The zero-order chi connectivity index (χ0) is 15.2. The van der Waals surface area contributed by atoms with E-state index >= 15 is 0 Å². The lowest BCUT2D eigenvalue weighted by molar-refractivity contribution is -0.161. The molecule has 2 aliphatic rings. The zero-order valence-electron chi connectivity index (χ0n) is 11.4. The lowest BCUT2D eigenvalue weighted by Crippen LogP contribution is -2.70. The Hall–Kier alpha value is -1.57. The number of ketones is 1. The number of aliphatic carboxylic acids is 1. The summed E-state index contributed by atoms with van der Waals surface area (Å²) in [4.78, 5) is 47.0. The van der Waals surface area contributed by atoms with E-state index in [0.29, 0.717) is 0 Å². The molecule has 2 aliphatic heterocycles. The second kappa shape index (κ2) is 4.76. The van der Waals surface area contributed by atoms with Gasteiger partial charge in [0.05, 0.1) is 6.42 Å². The number of Topliss-reactive ketones (excluding diaryl/α,β-unsaturated/α-hetero) is 1. The number of β-lactam (4-membered cyclic amide) rings is 1. The minimum Gasteiger partial charge on any atom is -0.480 e. The quantitative estimate of drug-likeness (QED) is 0.541. The van der Waals surface area contributed by atoms with Gasteiger partial charge < -0.3 is 15.3 Å². The van der Waals surface area contributed by atoms with Crippen LogP contribution in [-0.2, 0) is 19.2 Å². The van der Waals surface area contributed by atoms with E-state index in [1.807, 2.05) is 0 Å². The van der Waals surface area contributed by atoms with Crippen molar-refractivity contribution in [2.24, 2.45) is 0 Å². The van der Waals surface area contributed by atoms with Crippen LogP contribution in [0.25, 0.3) is 0 Å². The Balaban J connectivity index is 2.09. The molecule has 0 saturated carbocycles. The third-order valence-electron chi connectivity index (χ3n) is 3.40. The van der Waals surface area contributed by atoms with Crippen LogP contribution in [0, 0.1) is 0 Å². The zero-order valence-corrected chi connectivity index (χ0v) is 12.2. The second-order valence-corrected chi connectivity index (χ2v) is 7.29. The van der Waals surface area contributed by atoms with E-state index in [1.54, 1.807) is 13.8 Å². The molecule has 2 saturated heterocycles. The van der Waals surface area contributed by atoms with E-state index < -0.39 is 34.6 Å². The summed E-state index contributed by atoms with van der Waals surface area (Å²) < 4.78 is -0.619. The molecular weight excluding hydrogens is 284 g/mol. The average Bonchev–Trinajstić information content (AvgIpc) is 2.54. The highest BCUT2D eigenvalue weighted by molar-refractivity contribution is 8.01. The number of hydrogen-bond acceptors (Lipinski definition) is 5. The molecule has 0 aliphatic carbocycles. The fraction of sp³-hybridized carbons (Fsp3) is 0.667. The Kier molecular flexibility index (Phi) is 3.53. The first kappa shape index (κ1) is 14.8. The predicted molar refractivity (Wildman–Crippen MR) is 71.0 cm³/mol. The SMILES string of the molecule is CC(=O)CC(=O)NC1C(=O)N2C1SC(C)(C)C2C(=O)O. The van der Waals surface area contributed by atoms with Crippen molar-refractivity contribution in [3.8, 4) is 0 Å². The van der Waals surface area contributed by atoms with Gasteiger partial charge in [-0.15, -0.1) is 11.8 Å². The molecule has 2 rings (SSSR count). The fourth-order valence-corrected chi connectivity index (χ4v) is 4.22. The van der Waals surface area contributed by atoms with E-state index in [2.05, 4.69) is 5.32 Å². The maximum absolute atomic E-state index is 12.0. The number of carbonyl (C=O) groups is 4. The summed E-state index contributed by atoms with van der Waals surface area (Å²) in [7, 11) is 0. The molecule has 0 spiro atoms. The Bertz CT molecular complexity index is 504. The fourth-order valence-electron chi connectivity index (χ4n) is 2.60. The van der Waals surface area contributed by atoms with Crippen LogP contribution in [0.15, 0.2) is 0 Å². The van der Waals surface area contributed by atoms with E-state index in [1.165, 1.54) is 23.6 Å². The number of hydrogen-bond donors (Lipinski definition) is 2. The van der Waals surface area contributed by atoms with Crippen LogP contribution in [-0.4, -0.2) is 55.8 Å². The van der Waals surface area contributed by atoms with Crippen LogP contribution in [0.3, 0.4) is 0 Å². The molecule has 3 unspecified atom stereocenters. The first-order valence-corrected chi connectivity index (χ1v) is 7.04. The Morgan fingerprint density at radius 3 is 2.50 bits per heavy atom. The smallest absolute Gasteiger partial charge is 0.327 e. The van der Waals surface area contributed by atoms with E-state index in [-0.39, 0.29) is 17.6 Å². The Labute approximate surface area is 120 Å². The number of fused-ring (bicyclic) bond motifs is 1. The van der Waals surface area contributed by atoms with Crippen molar-refractivity contribution in [2.75, 3.05) is 0 Å². The summed E-state index contributed by atoms with van der Waals surface area (Å²) in [6.45, 7) is 4.81. The average molecular weight is 300 g/mol. The highest BCUT2D eigenvalue weighted by Gasteiger charge is 2.64. The van der Waals surface area contributed by atoms with Gasteiger partial charge in [0, 0.05) is 4.75 Å². The highest BCUT2D eigenvalue weighted by Crippen LogP contribution is 2.50. The Morgan fingerprint density at radius 1 is 1.40 bits per heavy atom. The first-order chi connectivity index (χ1) is 9.15. The minimum absolute atomic E-state index is 0.271. The number of carboxylic acids is 1. The number of nitrogens with one attached hydrogen (secondary N) is 1. The lowest BCUT2D eigenvalue weighted by atomic mass is 9.96. The highest BCUT2D eigenvalue weighted by atomic mass is 32.2. The molecule has 2 fully saturated rings. The molecule has 0 bridgehead atoms. The van der Waals surface area contributed by atoms with Gasteiger partial charge in [0.2, 0.25) is 11.8 Å². The van der Waals surface area contributed by atoms with Crippen molar-refractivity contribution < 1.29 is 24.3 Å². The molecule has 0 aromatic heterocycles. The molecule has 0 aromatic rings. The van der Waals surface area contributed by atoms with Crippen LogP contribution in [0.5, 0.6) is 0 Å². The molecule has 8 heteroatoms. The number of carboxylic acid groups (broad SMARTS) is 1. The van der Waals surface area contributed by atoms with Crippen molar-refractivity contribution in [1.29, 1.82) is 0 Å². The standard InChI is InChI=1S/C12H16N2O5S/c1-5(15)4-6(16)13-7-9(17)14-8(11(18)19)12(2,3)20-10(7)14/h7-8,10H,4H2,1-3H3,(H,13,16)(H,18,19). The Morgan fingerprint density at radius 2 is 2.00 bits per heavy atom. The number of thioether (sulfide) groups is 1. The number of rotatable bonds is 4. The third-order valence-corrected chi connectivity index (χ3v) is 4.97. The molecule has 2 N–H and O–H groups in total. The molecule has 7 nitrogen and oxygen atoms in total. The molecule has 20 heavy (non-hydrogen) atoms. The van der Waals surface area contributed by atoms with Crippen LogP contribution in [0.1, 0.15) is 27.2 Å². The molecule has 2 heterocycles. The normalized spacial score (nSPS) is 30.4. The maximum Gasteiger partial charge on any atom is 0.327 e. The van der Waals surface area contributed by atoms with Gasteiger partial charge in [0.25, 0.3) is 0 Å². The number of amides is 2. The minimum atomic E-state index is -1.05. The lowest BCUT2D eigenvalue weighted by Gasteiger charge is -2.43. The van der Waals surface area contributed by atoms with Crippen molar-refractivity contribution >= 4 is 35.3 Å². The predicted octanol–water partition coefficient (Wildman–Crippen LogP) is -0.403. The molecule has 3 atom stereocenters. The van der Waals surface area contributed by atoms with E-state index in [0.717, 1.165) is 0 Å². The van der Waals surface area contributed by atoms with Gasteiger partial charge in [0.1, 0.15) is 23.2 Å². The summed E-state index contributed by atoms with van der Waals surface area (Å²) in [5.74, 6) is -2.24. The van der Waals surface area contributed by atoms with Gasteiger partial charge >= 0.3 is 5.97 Å². The van der Waals surface area contributed by atoms with Crippen molar-refractivity contribution in [3.05, 3.63) is 0 Å². The van der Waals surface area contributed by atoms with Gasteiger partial charge in [-0.25, -0.2) is 4.79 Å². The molecule has 0 radical (unpaired) electrons. The molecule has 2 amide bonds. The first-order valence-electron chi connectivity index (χ1n) is 6.17. The van der Waals surface area contributed by atoms with Crippen LogP contribution >= 0.6 is 11.8 Å². The van der Waals surface area contributed by atoms with E-state index in [9.17, 15) is 24.3 Å². The van der Waals surface area contributed by atoms with Crippen LogP contribution in [0.2, 0.25) is 0 Å². The third kappa shape index (κ3) is 2.28. The van der Waals surface area contributed by atoms with Crippen molar-refractivity contribution in [3.63, 3.8) is 0 Å². The van der Waals surface area contributed by atoms with Crippen LogP contribution < -0.4 is 5.32 Å². The summed E-state index contributed by atoms with van der Waals surface area (Å²) in [6, 6.07) is -1.64. The topological polar surface area (TPSA) is 104 Å². The van der Waals surface area contributed by atoms with Gasteiger partial charge in [-0.05, 0) is 20.8 Å². The molecular formula is C12H16N2O5S. The summed E-state index contributed by atoms with van der Waals surface area (Å²) in [6.07, 6.45) is -0.271. The largest absolute Gasteiger partial charge is 0.480 e. The molecule has 0 aromatic carbocycles. The van der Waals surface area contributed by atoms with Gasteiger partial charge in [-0.2, -0.15) is 0 Å². The summed E-state index contributed by atoms with van der Waals surface area (Å²) in [5, 5.41) is 11.4. The second-order valence-electron chi connectivity index (χ2n) is 5.52. The van der Waals surface area contributed by atoms with Gasteiger partial charge in [-0.1, -0.05) is 0 Å². The maximum atomic E-state index is 12.0. The van der Waals surface area contributed by atoms with Gasteiger partial charge in [0.15, 0.2) is 0 Å². The number of carbonyl (C=O) groups excluding carboxylic acids is 3. The van der Waals surface area contributed by atoms with Crippen LogP contribution in [0.4, 0.5) is 0 Å². The monoisotopic (exact) mass is 300 g/mol.